The van der Waals surface area contributed by atoms with Crippen LogP contribution in [0.2, 0.25) is 5.02 Å². The predicted molar refractivity (Wildman–Crippen MR) is 103 cm³/mol. The van der Waals surface area contributed by atoms with Crippen LogP contribution in [-0.4, -0.2) is 13.0 Å². The van der Waals surface area contributed by atoms with E-state index in [1.807, 2.05) is 44.2 Å². The molecule has 0 radical (unpaired) electrons. The largest absolute Gasteiger partial charge is 0.497 e. The number of halogens is 1. The second kappa shape index (κ2) is 8.93. The SMILES string of the molecule is COc1ccc(C(C)N/C=C(/C#N)C(=O)Nc2ccc(C)c(Cl)c2)cc1. The summed E-state index contributed by atoms with van der Waals surface area (Å²) in [5, 5.41) is 15.5. The number of hydrogen-bond donors (Lipinski definition) is 2. The molecule has 2 aromatic rings. The van der Waals surface area contributed by atoms with Crippen molar-refractivity contribution in [3.8, 4) is 11.8 Å². The molecule has 134 valence electrons. The van der Waals surface area contributed by atoms with Gasteiger partial charge in [0.1, 0.15) is 17.4 Å². The number of nitriles is 1. The average molecular weight is 370 g/mol. The van der Waals surface area contributed by atoms with Gasteiger partial charge in [0.2, 0.25) is 0 Å². The third-order valence-corrected chi connectivity index (χ3v) is 4.30. The zero-order valence-corrected chi connectivity index (χ0v) is 15.6. The average Bonchev–Trinajstić information content (AvgIpc) is 2.65. The number of nitrogens with zero attached hydrogens (tertiary/aromatic N) is 1. The van der Waals surface area contributed by atoms with Gasteiger partial charge in [-0.1, -0.05) is 29.8 Å². The smallest absolute Gasteiger partial charge is 0.267 e. The lowest BCUT2D eigenvalue weighted by molar-refractivity contribution is -0.112. The van der Waals surface area contributed by atoms with Crippen LogP contribution in [0.15, 0.2) is 54.2 Å². The van der Waals surface area contributed by atoms with E-state index in [0.29, 0.717) is 10.7 Å². The van der Waals surface area contributed by atoms with Crippen LogP contribution in [0.4, 0.5) is 5.69 Å². The van der Waals surface area contributed by atoms with Gasteiger partial charge in [0, 0.05) is 23.0 Å². The molecule has 2 N–H and O–H groups in total. The molecule has 0 saturated carbocycles. The fraction of sp³-hybridized carbons (Fsp3) is 0.200. The molecule has 0 aliphatic carbocycles. The minimum absolute atomic E-state index is 0.0259. The summed E-state index contributed by atoms with van der Waals surface area (Å²) in [6, 6.07) is 14.6. The van der Waals surface area contributed by atoms with Gasteiger partial charge in [-0.05, 0) is 49.2 Å². The van der Waals surface area contributed by atoms with E-state index in [-0.39, 0.29) is 11.6 Å². The van der Waals surface area contributed by atoms with Crippen molar-refractivity contribution in [2.45, 2.75) is 19.9 Å². The van der Waals surface area contributed by atoms with Crippen molar-refractivity contribution in [2.24, 2.45) is 0 Å². The number of anilines is 1. The van der Waals surface area contributed by atoms with Crippen LogP contribution in [0, 0.1) is 18.3 Å². The van der Waals surface area contributed by atoms with Crippen molar-refractivity contribution >= 4 is 23.2 Å². The monoisotopic (exact) mass is 369 g/mol. The number of aryl methyl sites for hydroxylation is 1. The van der Waals surface area contributed by atoms with Gasteiger partial charge in [0.05, 0.1) is 7.11 Å². The number of carbonyl (C=O) groups is 1. The van der Waals surface area contributed by atoms with E-state index in [0.717, 1.165) is 16.9 Å². The Hall–Kier alpha value is -2.97. The highest BCUT2D eigenvalue weighted by Crippen LogP contribution is 2.20. The lowest BCUT2D eigenvalue weighted by Crippen LogP contribution is -2.18. The van der Waals surface area contributed by atoms with Crippen molar-refractivity contribution in [1.29, 1.82) is 5.26 Å². The lowest BCUT2D eigenvalue weighted by Gasteiger charge is -2.13. The maximum atomic E-state index is 12.3. The van der Waals surface area contributed by atoms with Crippen LogP contribution in [0.1, 0.15) is 24.1 Å². The summed E-state index contributed by atoms with van der Waals surface area (Å²) in [7, 11) is 1.61. The van der Waals surface area contributed by atoms with E-state index in [1.54, 1.807) is 25.3 Å². The number of hydrogen-bond acceptors (Lipinski definition) is 4. The Bertz CT molecular complexity index is 854. The Labute approximate surface area is 158 Å². The summed E-state index contributed by atoms with van der Waals surface area (Å²) in [4.78, 5) is 12.3. The van der Waals surface area contributed by atoms with E-state index < -0.39 is 5.91 Å². The zero-order valence-electron chi connectivity index (χ0n) is 14.8. The van der Waals surface area contributed by atoms with Crippen molar-refractivity contribution in [2.75, 3.05) is 12.4 Å². The number of nitrogens with one attached hydrogen (secondary N) is 2. The van der Waals surface area contributed by atoms with E-state index in [1.165, 1.54) is 6.20 Å². The summed E-state index contributed by atoms with van der Waals surface area (Å²) in [5.41, 5.74) is 2.43. The first-order valence-electron chi connectivity index (χ1n) is 8.02. The first-order valence-corrected chi connectivity index (χ1v) is 8.40. The molecule has 0 bridgehead atoms. The Morgan fingerprint density at radius 1 is 1.27 bits per heavy atom. The third kappa shape index (κ3) is 5.01. The van der Waals surface area contributed by atoms with E-state index in [9.17, 15) is 10.1 Å². The molecule has 0 saturated heterocycles. The summed E-state index contributed by atoms with van der Waals surface area (Å²) in [5.74, 6) is 0.271. The van der Waals surface area contributed by atoms with Crippen LogP contribution < -0.4 is 15.4 Å². The van der Waals surface area contributed by atoms with Crippen LogP contribution in [-0.2, 0) is 4.79 Å². The quantitative estimate of drug-likeness (QED) is 0.586. The van der Waals surface area contributed by atoms with Crippen LogP contribution in [0.3, 0.4) is 0 Å². The fourth-order valence-corrected chi connectivity index (χ4v) is 2.40. The molecule has 1 amide bonds. The van der Waals surface area contributed by atoms with E-state index >= 15 is 0 Å². The molecular weight excluding hydrogens is 350 g/mol. The second-order valence-corrected chi connectivity index (χ2v) is 6.16. The van der Waals surface area contributed by atoms with Gasteiger partial charge in [-0.15, -0.1) is 0 Å². The second-order valence-electron chi connectivity index (χ2n) is 5.75. The summed E-state index contributed by atoms with van der Waals surface area (Å²) >= 11 is 6.05. The van der Waals surface area contributed by atoms with Crippen LogP contribution in [0.5, 0.6) is 5.75 Å². The molecule has 5 nitrogen and oxygen atoms in total. The van der Waals surface area contributed by atoms with Gasteiger partial charge in [-0.3, -0.25) is 4.79 Å². The molecule has 2 rings (SSSR count). The molecule has 6 heteroatoms. The molecule has 0 aliphatic rings. The molecule has 0 aromatic heterocycles. The lowest BCUT2D eigenvalue weighted by atomic mass is 10.1. The highest BCUT2D eigenvalue weighted by atomic mass is 35.5. The molecule has 26 heavy (non-hydrogen) atoms. The standard InChI is InChI=1S/C20H20ClN3O2/c1-13-4-7-17(10-19(13)21)24-20(25)16(11-22)12-23-14(2)15-5-8-18(26-3)9-6-15/h4-10,12,14,23H,1-3H3,(H,24,25)/b16-12-. The van der Waals surface area contributed by atoms with Gasteiger partial charge in [0.15, 0.2) is 0 Å². The topological polar surface area (TPSA) is 74.1 Å². The number of benzene rings is 2. The summed E-state index contributed by atoms with van der Waals surface area (Å²) in [6.07, 6.45) is 1.42. The fourth-order valence-electron chi connectivity index (χ4n) is 2.21. The molecule has 0 fully saturated rings. The zero-order chi connectivity index (χ0) is 19.1. The first kappa shape index (κ1) is 19.4. The highest BCUT2D eigenvalue weighted by Gasteiger charge is 2.11. The van der Waals surface area contributed by atoms with Gasteiger partial charge in [-0.2, -0.15) is 5.26 Å². The van der Waals surface area contributed by atoms with Crippen LogP contribution in [0.25, 0.3) is 0 Å². The van der Waals surface area contributed by atoms with Gasteiger partial charge in [0.25, 0.3) is 5.91 Å². The highest BCUT2D eigenvalue weighted by molar-refractivity contribution is 6.31. The molecule has 2 aromatic carbocycles. The number of carbonyl (C=O) groups excluding carboxylic acids is 1. The number of ether oxygens (including phenoxy) is 1. The van der Waals surface area contributed by atoms with Crippen molar-refractivity contribution in [3.05, 3.63) is 70.4 Å². The molecule has 0 aliphatic heterocycles. The minimum atomic E-state index is -0.498. The maximum Gasteiger partial charge on any atom is 0.267 e. The van der Waals surface area contributed by atoms with Gasteiger partial charge >= 0.3 is 0 Å². The molecule has 0 spiro atoms. The maximum absolute atomic E-state index is 12.3. The molecule has 1 atom stereocenters. The summed E-state index contributed by atoms with van der Waals surface area (Å²) < 4.78 is 5.13. The normalized spacial score (nSPS) is 12.0. The van der Waals surface area contributed by atoms with Gasteiger partial charge in [-0.25, -0.2) is 0 Å². The first-order chi connectivity index (χ1) is 12.4. The molecule has 0 heterocycles. The van der Waals surface area contributed by atoms with Crippen molar-refractivity contribution < 1.29 is 9.53 Å². The molecule has 1 unspecified atom stereocenters. The Morgan fingerprint density at radius 3 is 2.54 bits per heavy atom. The number of rotatable bonds is 6. The number of methoxy groups -OCH3 is 1. The Kier molecular flexibility index (Phi) is 6.65. The molecular formula is C20H20ClN3O2. The third-order valence-electron chi connectivity index (χ3n) is 3.89. The minimum Gasteiger partial charge on any atom is -0.497 e. The Morgan fingerprint density at radius 2 is 1.96 bits per heavy atom. The van der Waals surface area contributed by atoms with Crippen molar-refractivity contribution in [3.63, 3.8) is 0 Å². The Balaban J connectivity index is 2.04. The van der Waals surface area contributed by atoms with Crippen LogP contribution >= 0.6 is 11.6 Å². The summed E-state index contributed by atoms with van der Waals surface area (Å²) in [6.45, 7) is 3.81. The predicted octanol–water partition coefficient (Wildman–Crippen LogP) is 4.35. The van der Waals surface area contributed by atoms with E-state index in [2.05, 4.69) is 10.6 Å². The van der Waals surface area contributed by atoms with E-state index in [4.69, 9.17) is 16.3 Å². The van der Waals surface area contributed by atoms with Crippen molar-refractivity contribution in [1.82, 2.24) is 5.32 Å². The number of amides is 1. The van der Waals surface area contributed by atoms with Gasteiger partial charge < -0.3 is 15.4 Å².